The number of carboxylic acids is 1. The van der Waals surface area contributed by atoms with E-state index in [2.05, 4.69) is 20.9 Å². The molecule has 0 aliphatic heterocycles. The normalized spacial score (nSPS) is 14.4. The number of hydrogen-bond acceptors (Lipinski definition) is 8. The Labute approximate surface area is 264 Å². The van der Waals surface area contributed by atoms with Crippen molar-refractivity contribution in [1.29, 1.82) is 0 Å². The molecule has 0 aliphatic rings. The highest BCUT2D eigenvalue weighted by atomic mass is 16.4. The van der Waals surface area contributed by atoms with Gasteiger partial charge in [-0.2, -0.15) is 0 Å². The summed E-state index contributed by atoms with van der Waals surface area (Å²) < 4.78 is 0. The number of nitrogens with two attached hydrogens (primary N) is 1. The summed E-state index contributed by atoms with van der Waals surface area (Å²) in [4.78, 5) is 55.1. The van der Waals surface area contributed by atoms with E-state index in [9.17, 15) is 39.6 Å². The molecular formula is C33H37N5O8. The summed E-state index contributed by atoms with van der Waals surface area (Å²) in [5, 5.41) is 47.8. The highest BCUT2D eigenvalue weighted by Gasteiger charge is 2.33. The number of aromatic hydroxyl groups is 2. The van der Waals surface area contributed by atoms with Crippen molar-refractivity contribution in [3.8, 4) is 11.5 Å². The molecule has 1 aromatic heterocycles. The molecule has 0 radical (unpaired) electrons. The maximum atomic E-state index is 13.5. The predicted octanol–water partition coefficient (Wildman–Crippen LogP) is 0.854. The maximum absolute atomic E-state index is 13.5. The lowest BCUT2D eigenvalue weighted by molar-refractivity contribution is -0.142. The molecule has 4 rings (SSSR count). The van der Waals surface area contributed by atoms with Crippen molar-refractivity contribution in [2.24, 2.45) is 5.73 Å². The molecule has 5 unspecified atom stereocenters. The largest absolute Gasteiger partial charge is 0.508 e. The van der Waals surface area contributed by atoms with Crippen molar-refractivity contribution in [2.75, 3.05) is 0 Å². The summed E-state index contributed by atoms with van der Waals surface area (Å²) in [7, 11) is 0. The van der Waals surface area contributed by atoms with Crippen molar-refractivity contribution >= 4 is 34.6 Å². The van der Waals surface area contributed by atoms with Gasteiger partial charge >= 0.3 is 5.97 Å². The lowest BCUT2D eigenvalue weighted by atomic mass is 10.0. The molecule has 1 heterocycles. The molecule has 3 amide bonds. The number of phenolic OH excluding ortho intramolecular Hbond substituents is 2. The standard InChI is InChI=1S/C33H37N5O8/c1-18(39)29(38-30(42)25(34)16-21-17-35-26-5-3-2-4-24(21)26)32(44)36-27(14-19-6-10-22(40)11-7-19)31(43)37-28(33(45)46)15-20-8-12-23(41)13-9-20/h2-13,17-18,25,27-29,35,39-41H,14-16,34H2,1H3,(H,36,44)(H,37,43)(H,38,42)(H,45,46). The van der Waals surface area contributed by atoms with Gasteiger partial charge in [0.15, 0.2) is 0 Å². The third kappa shape index (κ3) is 8.83. The molecule has 3 aromatic carbocycles. The highest BCUT2D eigenvalue weighted by molar-refractivity contribution is 5.95. The minimum absolute atomic E-state index is 0.00462. The first-order chi connectivity index (χ1) is 21.9. The van der Waals surface area contributed by atoms with Crippen LogP contribution in [0.15, 0.2) is 79.0 Å². The summed E-state index contributed by atoms with van der Waals surface area (Å²) in [5.74, 6) is -3.78. The predicted molar refractivity (Wildman–Crippen MR) is 169 cm³/mol. The van der Waals surface area contributed by atoms with Crippen LogP contribution in [0.5, 0.6) is 11.5 Å². The Morgan fingerprint density at radius 2 is 1.28 bits per heavy atom. The number of carbonyl (C=O) groups is 4. The number of hydrogen-bond donors (Lipinski definition) is 9. The fraction of sp³-hybridized carbons (Fsp3) is 0.273. The summed E-state index contributed by atoms with van der Waals surface area (Å²) in [6, 6.07) is 13.9. The van der Waals surface area contributed by atoms with Gasteiger partial charge in [-0.05, 0) is 60.4 Å². The molecule has 0 bridgehead atoms. The van der Waals surface area contributed by atoms with Crippen LogP contribution >= 0.6 is 0 Å². The zero-order valence-electron chi connectivity index (χ0n) is 25.0. The number of carboxylic acid groups (broad SMARTS) is 1. The number of para-hydroxylation sites is 1. The number of carbonyl (C=O) groups excluding carboxylic acids is 3. The van der Waals surface area contributed by atoms with Gasteiger partial charge in [-0.1, -0.05) is 42.5 Å². The summed E-state index contributed by atoms with van der Waals surface area (Å²) >= 11 is 0. The van der Waals surface area contributed by atoms with Gasteiger partial charge in [-0.3, -0.25) is 14.4 Å². The molecule has 10 N–H and O–H groups in total. The van der Waals surface area contributed by atoms with Crippen LogP contribution in [-0.2, 0) is 38.4 Å². The van der Waals surface area contributed by atoms with Crippen LogP contribution in [0.1, 0.15) is 23.6 Å². The Bertz CT molecular complexity index is 1670. The number of fused-ring (bicyclic) bond motifs is 1. The number of nitrogens with one attached hydrogen (secondary N) is 4. The molecule has 4 aromatic rings. The van der Waals surface area contributed by atoms with Gasteiger partial charge in [-0.25, -0.2) is 4.79 Å². The monoisotopic (exact) mass is 631 g/mol. The van der Waals surface area contributed by atoms with Crippen molar-refractivity contribution in [1.82, 2.24) is 20.9 Å². The Morgan fingerprint density at radius 3 is 1.85 bits per heavy atom. The Hall–Kier alpha value is -5.40. The smallest absolute Gasteiger partial charge is 0.326 e. The maximum Gasteiger partial charge on any atom is 0.326 e. The highest BCUT2D eigenvalue weighted by Crippen LogP contribution is 2.19. The van der Waals surface area contributed by atoms with E-state index in [4.69, 9.17) is 5.73 Å². The number of aliphatic hydroxyl groups excluding tert-OH is 1. The molecule has 13 heteroatoms. The van der Waals surface area contributed by atoms with E-state index in [0.717, 1.165) is 16.5 Å². The van der Waals surface area contributed by atoms with E-state index in [-0.39, 0.29) is 30.8 Å². The number of H-pyrrole nitrogens is 1. The number of aliphatic carboxylic acids is 1. The van der Waals surface area contributed by atoms with Crippen LogP contribution in [0.2, 0.25) is 0 Å². The van der Waals surface area contributed by atoms with Crippen LogP contribution < -0.4 is 21.7 Å². The van der Waals surface area contributed by atoms with Crippen molar-refractivity contribution < 1.29 is 39.6 Å². The van der Waals surface area contributed by atoms with Crippen LogP contribution in [0.25, 0.3) is 10.9 Å². The molecule has 0 fully saturated rings. The number of aromatic nitrogens is 1. The van der Waals surface area contributed by atoms with Crippen LogP contribution in [0, 0.1) is 0 Å². The second-order valence-corrected chi connectivity index (χ2v) is 11.1. The average Bonchev–Trinajstić information content (AvgIpc) is 3.43. The number of aromatic amines is 1. The van der Waals surface area contributed by atoms with Crippen molar-refractivity contribution in [2.45, 2.75) is 56.5 Å². The summed E-state index contributed by atoms with van der Waals surface area (Å²) in [6.07, 6.45) is 0.289. The van der Waals surface area contributed by atoms with E-state index in [1.54, 1.807) is 6.20 Å². The Morgan fingerprint density at radius 1 is 0.739 bits per heavy atom. The third-order valence-corrected chi connectivity index (χ3v) is 7.51. The first kappa shape index (κ1) is 33.5. The summed E-state index contributed by atoms with van der Waals surface area (Å²) in [6.45, 7) is 1.29. The van der Waals surface area contributed by atoms with E-state index in [1.807, 2.05) is 24.3 Å². The van der Waals surface area contributed by atoms with Crippen LogP contribution in [0.4, 0.5) is 0 Å². The molecule has 0 saturated heterocycles. The van der Waals surface area contributed by atoms with Gasteiger partial charge in [0.25, 0.3) is 0 Å². The number of aliphatic hydroxyl groups is 1. The molecule has 0 spiro atoms. The fourth-order valence-electron chi connectivity index (χ4n) is 4.97. The van der Waals surface area contributed by atoms with E-state index in [0.29, 0.717) is 11.1 Å². The SMILES string of the molecule is CC(O)C(NC(=O)C(N)Cc1c[nH]c2ccccc12)C(=O)NC(Cc1ccc(O)cc1)C(=O)NC(Cc1ccc(O)cc1)C(=O)O. The Kier molecular flexibility index (Phi) is 11.0. The van der Waals surface area contributed by atoms with E-state index < -0.39 is 54.0 Å². The second kappa shape index (κ2) is 15.1. The molecular weight excluding hydrogens is 594 g/mol. The number of rotatable bonds is 14. The third-order valence-electron chi connectivity index (χ3n) is 7.51. The zero-order valence-corrected chi connectivity index (χ0v) is 25.0. The van der Waals surface area contributed by atoms with Gasteiger partial charge in [0, 0.05) is 29.9 Å². The van der Waals surface area contributed by atoms with Crippen molar-refractivity contribution in [3.05, 3.63) is 95.7 Å². The van der Waals surface area contributed by atoms with E-state index >= 15 is 0 Å². The van der Waals surface area contributed by atoms with Gasteiger partial charge in [0.05, 0.1) is 12.1 Å². The molecule has 0 aliphatic carbocycles. The minimum Gasteiger partial charge on any atom is -0.508 e. The molecule has 242 valence electrons. The quantitative estimate of drug-likeness (QED) is 0.0960. The van der Waals surface area contributed by atoms with Gasteiger partial charge in [0.1, 0.15) is 29.6 Å². The summed E-state index contributed by atoms with van der Waals surface area (Å²) in [5.41, 5.74) is 8.90. The fourth-order valence-corrected chi connectivity index (χ4v) is 4.97. The van der Waals surface area contributed by atoms with Crippen LogP contribution in [-0.4, -0.2) is 79.4 Å². The van der Waals surface area contributed by atoms with Crippen LogP contribution in [0.3, 0.4) is 0 Å². The molecule has 0 saturated carbocycles. The van der Waals surface area contributed by atoms with E-state index in [1.165, 1.54) is 55.5 Å². The first-order valence-corrected chi connectivity index (χ1v) is 14.6. The van der Waals surface area contributed by atoms with Gasteiger partial charge in [-0.15, -0.1) is 0 Å². The lowest BCUT2D eigenvalue weighted by Gasteiger charge is -2.26. The molecule has 46 heavy (non-hydrogen) atoms. The zero-order chi connectivity index (χ0) is 33.4. The van der Waals surface area contributed by atoms with Gasteiger partial charge in [0.2, 0.25) is 17.7 Å². The minimum atomic E-state index is -1.50. The number of phenols is 2. The molecule has 13 nitrogen and oxygen atoms in total. The topological polar surface area (TPSA) is 227 Å². The first-order valence-electron chi connectivity index (χ1n) is 14.6. The Balaban J connectivity index is 1.48. The lowest BCUT2D eigenvalue weighted by Crippen LogP contribution is -2.60. The van der Waals surface area contributed by atoms with Crippen molar-refractivity contribution in [3.63, 3.8) is 0 Å². The number of amides is 3. The van der Waals surface area contributed by atoms with Gasteiger partial charge < -0.3 is 47.1 Å². The molecule has 5 atom stereocenters. The second-order valence-electron chi connectivity index (χ2n) is 11.1. The average molecular weight is 632 g/mol. The number of benzene rings is 3.